The van der Waals surface area contributed by atoms with Gasteiger partial charge in [0.2, 0.25) is 5.91 Å². The highest BCUT2D eigenvalue weighted by Gasteiger charge is 2.29. The van der Waals surface area contributed by atoms with Crippen molar-refractivity contribution in [2.75, 3.05) is 5.75 Å². The van der Waals surface area contributed by atoms with Crippen molar-refractivity contribution in [3.63, 3.8) is 0 Å². The number of hydrogen-bond donors (Lipinski definition) is 1. The van der Waals surface area contributed by atoms with Gasteiger partial charge in [-0.05, 0) is 12.8 Å². The lowest BCUT2D eigenvalue weighted by molar-refractivity contribution is -0.120. The van der Waals surface area contributed by atoms with Crippen LogP contribution in [0.2, 0.25) is 0 Å². The predicted octanol–water partition coefficient (Wildman–Crippen LogP) is 0.962. The van der Waals surface area contributed by atoms with Gasteiger partial charge in [0.15, 0.2) is 5.16 Å². The molecule has 1 atom stereocenters. The molecule has 0 saturated heterocycles. The highest BCUT2D eigenvalue weighted by molar-refractivity contribution is 7.99. The minimum atomic E-state index is -0.836. The number of rotatable bonds is 5. The molecule has 0 saturated carbocycles. The van der Waals surface area contributed by atoms with Gasteiger partial charge in [-0.25, -0.2) is 0 Å². The Morgan fingerprint density at radius 1 is 1.72 bits per heavy atom. The molecule has 0 aliphatic rings. The van der Waals surface area contributed by atoms with Crippen LogP contribution in [-0.4, -0.2) is 32.0 Å². The lowest BCUT2D eigenvalue weighted by atomic mass is 9.90. The van der Waals surface area contributed by atoms with Gasteiger partial charge in [0.1, 0.15) is 11.9 Å². The molecule has 1 rings (SSSR count). The standard InChI is InChI=1S/C11H17N5OS/c1-8(2)11(3,6-12)14-9(17)5-18-10-15-13-7-16(10)4/h7-8H,5H2,1-4H3,(H,14,17)/t11-/m1/s1. The molecule has 0 aromatic carbocycles. The molecule has 0 fully saturated rings. The summed E-state index contributed by atoms with van der Waals surface area (Å²) in [6.45, 7) is 5.53. The first-order chi connectivity index (χ1) is 8.39. The number of amides is 1. The van der Waals surface area contributed by atoms with Crippen molar-refractivity contribution in [3.05, 3.63) is 6.33 Å². The molecule has 1 heterocycles. The van der Waals surface area contributed by atoms with Crippen molar-refractivity contribution in [2.24, 2.45) is 13.0 Å². The summed E-state index contributed by atoms with van der Waals surface area (Å²) in [7, 11) is 1.81. The van der Waals surface area contributed by atoms with E-state index in [1.165, 1.54) is 11.8 Å². The van der Waals surface area contributed by atoms with Gasteiger partial charge in [-0.15, -0.1) is 10.2 Å². The van der Waals surface area contributed by atoms with Crippen LogP contribution in [0.4, 0.5) is 0 Å². The Hall–Kier alpha value is -1.55. The summed E-state index contributed by atoms with van der Waals surface area (Å²) < 4.78 is 1.74. The Kier molecular flexibility index (Phi) is 4.73. The van der Waals surface area contributed by atoms with E-state index in [-0.39, 0.29) is 17.6 Å². The molecule has 0 radical (unpaired) electrons. The zero-order valence-corrected chi connectivity index (χ0v) is 11.8. The Labute approximate surface area is 111 Å². The molecule has 0 unspecified atom stereocenters. The molecule has 0 aliphatic carbocycles. The minimum Gasteiger partial charge on any atom is -0.337 e. The van der Waals surface area contributed by atoms with E-state index < -0.39 is 5.54 Å². The van der Waals surface area contributed by atoms with Gasteiger partial charge < -0.3 is 9.88 Å². The van der Waals surface area contributed by atoms with Crippen LogP contribution in [0.5, 0.6) is 0 Å². The summed E-state index contributed by atoms with van der Waals surface area (Å²) in [4.78, 5) is 11.8. The summed E-state index contributed by atoms with van der Waals surface area (Å²) in [6, 6.07) is 2.14. The number of hydrogen-bond acceptors (Lipinski definition) is 5. The molecular weight excluding hydrogens is 250 g/mol. The van der Waals surface area contributed by atoms with Gasteiger partial charge in [0, 0.05) is 7.05 Å². The van der Waals surface area contributed by atoms with Crippen molar-refractivity contribution in [3.8, 4) is 6.07 Å². The maximum Gasteiger partial charge on any atom is 0.231 e. The number of nitrogens with zero attached hydrogens (tertiary/aromatic N) is 4. The van der Waals surface area contributed by atoms with Crippen molar-refractivity contribution < 1.29 is 4.79 Å². The van der Waals surface area contributed by atoms with Crippen LogP contribution in [0.25, 0.3) is 0 Å². The quantitative estimate of drug-likeness (QED) is 0.803. The molecule has 1 N–H and O–H groups in total. The first-order valence-electron chi connectivity index (χ1n) is 5.58. The number of carbonyl (C=O) groups is 1. The third-order valence-electron chi connectivity index (χ3n) is 2.79. The highest BCUT2D eigenvalue weighted by Crippen LogP contribution is 2.17. The Morgan fingerprint density at radius 2 is 2.39 bits per heavy atom. The molecule has 18 heavy (non-hydrogen) atoms. The van der Waals surface area contributed by atoms with Crippen molar-refractivity contribution in [1.82, 2.24) is 20.1 Å². The van der Waals surface area contributed by atoms with Crippen LogP contribution in [0.3, 0.4) is 0 Å². The van der Waals surface area contributed by atoms with Gasteiger partial charge in [-0.1, -0.05) is 25.6 Å². The third-order valence-corrected chi connectivity index (χ3v) is 3.82. The normalized spacial score (nSPS) is 14.0. The molecule has 98 valence electrons. The van der Waals surface area contributed by atoms with Crippen LogP contribution in [0.1, 0.15) is 20.8 Å². The van der Waals surface area contributed by atoms with Crippen molar-refractivity contribution >= 4 is 17.7 Å². The second kappa shape index (κ2) is 5.87. The van der Waals surface area contributed by atoms with Crippen LogP contribution in [0.15, 0.2) is 11.5 Å². The molecule has 1 aromatic heterocycles. The van der Waals surface area contributed by atoms with Crippen LogP contribution < -0.4 is 5.32 Å². The van der Waals surface area contributed by atoms with Gasteiger partial charge in [0.25, 0.3) is 0 Å². The average molecular weight is 267 g/mol. The van der Waals surface area contributed by atoms with E-state index in [0.717, 1.165) is 0 Å². The highest BCUT2D eigenvalue weighted by atomic mass is 32.2. The molecule has 7 heteroatoms. The Bertz CT molecular complexity index is 464. The summed E-state index contributed by atoms with van der Waals surface area (Å²) in [6.07, 6.45) is 1.58. The zero-order chi connectivity index (χ0) is 13.8. The predicted molar refractivity (Wildman–Crippen MR) is 68.7 cm³/mol. The summed E-state index contributed by atoms with van der Waals surface area (Å²) in [5.74, 6) is 0.0864. The van der Waals surface area contributed by atoms with Crippen molar-refractivity contribution in [2.45, 2.75) is 31.5 Å². The molecular formula is C11H17N5OS. The van der Waals surface area contributed by atoms with Crippen LogP contribution >= 0.6 is 11.8 Å². The van der Waals surface area contributed by atoms with E-state index in [9.17, 15) is 4.79 Å². The summed E-state index contributed by atoms with van der Waals surface area (Å²) >= 11 is 1.29. The fraction of sp³-hybridized carbons (Fsp3) is 0.636. The van der Waals surface area contributed by atoms with Gasteiger partial charge in [-0.3, -0.25) is 4.79 Å². The van der Waals surface area contributed by atoms with Gasteiger partial charge >= 0.3 is 0 Å². The van der Waals surface area contributed by atoms with E-state index >= 15 is 0 Å². The summed E-state index contributed by atoms with van der Waals surface area (Å²) in [5, 5.41) is 20.1. The zero-order valence-electron chi connectivity index (χ0n) is 11.0. The minimum absolute atomic E-state index is 0.0475. The molecule has 0 aliphatic heterocycles. The van der Waals surface area contributed by atoms with Crippen molar-refractivity contribution in [1.29, 1.82) is 5.26 Å². The van der Waals surface area contributed by atoms with E-state index in [4.69, 9.17) is 5.26 Å². The second-order valence-corrected chi connectivity index (χ2v) is 5.47. The maximum atomic E-state index is 11.8. The Balaban J connectivity index is 2.53. The largest absolute Gasteiger partial charge is 0.337 e. The molecule has 1 amide bonds. The number of nitriles is 1. The molecule has 0 spiro atoms. The molecule has 6 nitrogen and oxygen atoms in total. The first kappa shape index (κ1) is 14.5. The first-order valence-corrected chi connectivity index (χ1v) is 6.56. The van der Waals surface area contributed by atoms with Crippen LogP contribution in [0, 0.1) is 17.2 Å². The second-order valence-electron chi connectivity index (χ2n) is 4.53. The average Bonchev–Trinajstić information content (AvgIpc) is 2.72. The number of nitrogens with one attached hydrogen (secondary N) is 1. The SMILES string of the molecule is CC(C)[C@@](C)(C#N)NC(=O)CSc1nncn1C. The fourth-order valence-electron chi connectivity index (χ4n) is 1.16. The van der Waals surface area contributed by atoms with Gasteiger partial charge in [-0.2, -0.15) is 5.26 Å². The Morgan fingerprint density at radius 3 is 2.83 bits per heavy atom. The van der Waals surface area contributed by atoms with Gasteiger partial charge in [0.05, 0.1) is 11.8 Å². The number of thioether (sulfide) groups is 1. The lowest BCUT2D eigenvalue weighted by Crippen LogP contribution is -2.49. The number of aromatic nitrogens is 3. The third kappa shape index (κ3) is 3.47. The lowest BCUT2D eigenvalue weighted by Gasteiger charge is -2.27. The topological polar surface area (TPSA) is 83.6 Å². The fourth-order valence-corrected chi connectivity index (χ4v) is 1.85. The van der Waals surface area contributed by atoms with Crippen LogP contribution in [-0.2, 0) is 11.8 Å². The van der Waals surface area contributed by atoms with E-state index in [2.05, 4.69) is 21.6 Å². The molecule has 1 aromatic rings. The van der Waals surface area contributed by atoms with E-state index in [1.54, 1.807) is 17.8 Å². The van der Waals surface area contributed by atoms with E-state index in [1.807, 2.05) is 20.9 Å². The molecule has 0 bridgehead atoms. The number of aryl methyl sites for hydroxylation is 1. The summed E-state index contributed by atoms with van der Waals surface area (Å²) in [5.41, 5.74) is -0.836. The van der Waals surface area contributed by atoms with E-state index in [0.29, 0.717) is 5.16 Å². The number of carbonyl (C=O) groups excluding carboxylic acids is 1. The monoisotopic (exact) mass is 267 g/mol. The maximum absolute atomic E-state index is 11.8. The smallest absolute Gasteiger partial charge is 0.231 e.